The number of carbonyl (C=O) groups is 5. The van der Waals surface area contributed by atoms with Crippen molar-refractivity contribution in [3.8, 4) is 5.75 Å². The van der Waals surface area contributed by atoms with Gasteiger partial charge in [-0.1, -0.05) is 12.1 Å². The number of amides is 3. The lowest BCUT2D eigenvalue weighted by Crippen LogP contribution is -2.59. The number of aliphatic carboxylic acids is 2. The lowest BCUT2D eigenvalue weighted by atomic mass is 10.0. The second-order valence-electron chi connectivity index (χ2n) is 7.77. The average Bonchev–Trinajstić information content (AvgIpc) is 2.79. The molecule has 0 aliphatic heterocycles. The molecule has 0 aliphatic carbocycles. The Labute approximate surface area is 206 Å². The highest BCUT2D eigenvalue weighted by molar-refractivity contribution is 7.80. The summed E-state index contributed by atoms with van der Waals surface area (Å²) in [6, 6.07) is 0.366. The number of aliphatic hydroxyl groups is 1. The van der Waals surface area contributed by atoms with Gasteiger partial charge in [0, 0.05) is 18.6 Å². The maximum absolute atomic E-state index is 13.0. The largest absolute Gasteiger partial charge is 0.508 e. The van der Waals surface area contributed by atoms with Gasteiger partial charge in [0.2, 0.25) is 17.7 Å². The fourth-order valence-electron chi connectivity index (χ4n) is 2.83. The lowest BCUT2D eigenvalue weighted by molar-refractivity contribution is -0.143. The molecule has 0 heterocycles. The maximum Gasteiger partial charge on any atom is 0.326 e. The zero-order chi connectivity index (χ0) is 26.7. The van der Waals surface area contributed by atoms with Crippen molar-refractivity contribution in [3.63, 3.8) is 0 Å². The zero-order valence-corrected chi connectivity index (χ0v) is 19.8. The Morgan fingerprint density at radius 3 is 1.91 bits per heavy atom. The van der Waals surface area contributed by atoms with E-state index in [0.717, 1.165) is 0 Å². The van der Waals surface area contributed by atoms with Gasteiger partial charge in [0.05, 0.1) is 6.10 Å². The fraction of sp³-hybridized carbons (Fsp3) is 0.476. The van der Waals surface area contributed by atoms with Gasteiger partial charge in [-0.2, -0.15) is 12.6 Å². The van der Waals surface area contributed by atoms with Gasteiger partial charge in [-0.05, 0) is 31.0 Å². The summed E-state index contributed by atoms with van der Waals surface area (Å²) in [5.74, 6) is -5.52. The number of aliphatic hydroxyl groups excluding tert-OH is 1. The van der Waals surface area contributed by atoms with Crippen molar-refractivity contribution in [1.29, 1.82) is 0 Å². The van der Waals surface area contributed by atoms with Crippen molar-refractivity contribution in [3.05, 3.63) is 29.8 Å². The zero-order valence-electron chi connectivity index (χ0n) is 18.9. The van der Waals surface area contributed by atoms with Crippen LogP contribution in [0.3, 0.4) is 0 Å². The highest BCUT2D eigenvalue weighted by Gasteiger charge is 2.30. The van der Waals surface area contributed by atoms with Gasteiger partial charge >= 0.3 is 11.9 Å². The summed E-state index contributed by atoms with van der Waals surface area (Å²) in [6.45, 7) is 1.30. The van der Waals surface area contributed by atoms with Gasteiger partial charge in [0.25, 0.3) is 0 Å². The molecule has 0 saturated carbocycles. The summed E-state index contributed by atoms with van der Waals surface area (Å²) in [5, 5.41) is 43.9. The van der Waals surface area contributed by atoms with Crippen molar-refractivity contribution in [2.24, 2.45) is 5.73 Å². The van der Waals surface area contributed by atoms with Crippen molar-refractivity contribution >= 4 is 42.3 Å². The van der Waals surface area contributed by atoms with Crippen LogP contribution < -0.4 is 21.7 Å². The molecule has 3 amide bonds. The maximum atomic E-state index is 13.0. The van der Waals surface area contributed by atoms with E-state index in [4.69, 9.17) is 10.8 Å². The van der Waals surface area contributed by atoms with Gasteiger partial charge < -0.3 is 42.1 Å². The van der Waals surface area contributed by atoms with Crippen molar-refractivity contribution in [2.75, 3.05) is 5.75 Å². The van der Waals surface area contributed by atoms with Crippen LogP contribution >= 0.6 is 12.6 Å². The van der Waals surface area contributed by atoms with Crippen LogP contribution in [0, 0.1) is 0 Å². The monoisotopic (exact) mass is 514 g/mol. The summed E-state index contributed by atoms with van der Waals surface area (Å²) in [6.07, 6.45) is -2.15. The Morgan fingerprint density at radius 1 is 0.914 bits per heavy atom. The number of aromatic hydroxyl groups is 1. The molecule has 9 N–H and O–H groups in total. The van der Waals surface area contributed by atoms with Crippen LogP contribution in [0.2, 0.25) is 0 Å². The fourth-order valence-corrected chi connectivity index (χ4v) is 3.09. The molecule has 0 bridgehead atoms. The van der Waals surface area contributed by atoms with Crippen LogP contribution in [0.4, 0.5) is 0 Å². The Balaban J connectivity index is 3.00. The lowest BCUT2D eigenvalue weighted by Gasteiger charge is -2.25. The summed E-state index contributed by atoms with van der Waals surface area (Å²) in [7, 11) is 0. The molecule has 13 nitrogen and oxygen atoms in total. The molecule has 1 rings (SSSR count). The number of hydrogen-bond donors (Lipinski definition) is 9. The first-order valence-electron chi connectivity index (χ1n) is 10.5. The molecular weight excluding hydrogens is 484 g/mol. The molecule has 5 atom stereocenters. The van der Waals surface area contributed by atoms with E-state index in [0.29, 0.717) is 5.56 Å². The minimum Gasteiger partial charge on any atom is -0.508 e. The summed E-state index contributed by atoms with van der Waals surface area (Å²) < 4.78 is 0. The molecule has 194 valence electrons. The van der Waals surface area contributed by atoms with Crippen LogP contribution in [-0.4, -0.2) is 86.1 Å². The van der Waals surface area contributed by atoms with Crippen LogP contribution in [0.1, 0.15) is 25.3 Å². The summed E-state index contributed by atoms with van der Waals surface area (Å²) >= 11 is 4.01. The predicted octanol–water partition coefficient (Wildman–Crippen LogP) is -2.02. The molecule has 14 heteroatoms. The van der Waals surface area contributed by atoms with E-state index in [1.54, 1.807) is 0 Å². The predicted molar refractivity (Wildman–Crippen MR) is 126 cm³/mol. The SMILES string of the molecule is CC(O)C(N)C(=O)NC(Cc1ccc(O)cc1)C(=O)NC(CS)C(=O)NC(CCC(=O)O)C(=O)O. The van der Waals surface area contributed by atoms with E-state index in [2.05, 4.69) is 28.6 Å². The van der Waals surface area contributed by atoms with Crippen LogP contribution in [0.15, 0.2) is 24.3 Å². The number of nitrogens with two attached hydrogens (primary N) is 1. The molecule has 0 aliphatic rings. The number of carbonyl (C=O) groups excluding carboxylic acids is 3. The molecule has 5 unspecified atom stereocenters. The van der Waals surface area contributed by atoms with Gasteiger partial charge in [-0.15, -0.1) is 0 Å². The van der Waals surface area contributed by atoms with Crippen LogP contribution in [0.25, 0.3) is 0 Å². The third-order valence-corrected chi connectivity index (χ3v) is 5.27. The van der Waals surface area contributed by atoms with E-state index in [1.807, 2.05) is 0 Å². The minimum atomic E-state index is -1.51. The standard InChI is InChI=1S/C21H30N4O9S/c1-10(26)17(22)20(32)24-14(8-11-2-4-12(27)5-3-11)18(30)25-15(9-35)19(31)23-13(21(33)34)6-7-16(28)29/h2-5,10,13-15,17,26-27,35H,6-9,22H2,1H3,(H,23,31)(H,24,32)(H,25,30)(H,28,29)(H,33,34). The highest BCUT2D eigenvalue weighted by Crippen LogP contribution is 2.12. The molecule has 35 heavy (non-hydrogen) atoms. The highest BCUT2D eigenvalue weighted by atomic mass is 32.1. The Kier molecular flexibility index (Phi) is 12.0. The van der Waals surface area contributed by atoms with Crippen molar-refractivity contribution < 1.29 is 44.4 Å². The van der Waals surface area contributed by atoms with E-state index < -0.39 is 66.4 Å². The van der Waals surface area contributed by atoms with Crippen LogP contribution in [0.5, 0.6) is 5.75 Å². The van der Waals surface area contributed by atoms with Gasteiger partial charge in [-0.3, -0.25) is 19.2 Å². The van der Waals surface area contributed by atoms with Crippen molar-refractivity contribution in [1.82, 2.24) is 16.0 Å². The van der Waals surface area contributed by atoms with Gasteiger partial charge in [0.15, 0.2) is 0 Å². The number of phenolic OH excluding ortho intramolecular Hbond substituents is 1. The number of rotatable bonds is 14. The van der Waals surface area contributed by atoms with Crippen LogP contribution in [-0.2, 0) is 30.4 Å². The second-order valence-corrected chi connectivity index (χ2v) is 8.14. The topological polar surface area (TPSA) is 228 Å². The first-order valence-corrected chi connectivity index (χ1v) is 11.2. The molecule has 0 fully saturated rings. The Bertz CT molecular complexity index is 911. The first-order chi connectivity index (χ1) is 16.3. The van der Waals surface area contributed by atoms with E-state index in [1.165, 1.54) is 31.2 Å². The van der Waals surface area contributed by atoms with E-state index >= 15 is 0 Å². The Hall–Kier alpha value is -3.36. The summed E-state index contributed by atoms with van der Waals surface area (Å²) in [4.78, 5) is 59.9. The van der Waals surface area contributed by atoms with Gasteiger partial charge in [-0.25, -0.2) is 4.79 Å². The molecule has 0 spiro atoms. The number of benzene rings is 1. The molecule has 0 radical (unpaired) electrons. The summed E-state index contributed by atoms with van der Waals surface area (Å²) in [5.41, 5.74) is 6.17. The molecule has 0 saturated heterocycles. The average molecular weight is 515 g/mol. The minimum absolute atomic E-state index is 0.0161. The number of nitrogens with one attached hydrogen (secondary N) is 3. The van der Waals surface area contributed by atoms with Gasteiger partial charge in [0.1, 0.15) is 29.9 Å². The molecule has 0 aromatic heterocycles. The van der Waals surface area contributed by atoms with Crippen molar-refractivity contribution in [2.45, 2.75) is 56.5 Å². The second kappa shape index (κ2) is 14.1. The normalized spacial score (nSPS) is 15.1. The van der Waals surface area contributed by atoms with E-state index in [-0.39, 0.29) is 24.3 Å². The number of carboxylic acid groups (broad SMARTS) is 2. The Morgan fingerprint density at radius 2 is 1.43 bits per heavy atom. The first kappa shape index (κ1) is 29.7. The third kappa shape index (κ3) is 10.2. The number of thiol groups is 1. The molecule has 1 aromatic rings. The smallest absolute Gasteiger partial charge is 0.326 e. The number of phenols is 1. The van der Waals surface area contributed by atoms with E-state index in [9.17, 15) is 39.3 Å². The number of hydrogen-bond acceptors (Lipinski definition) is 9. The number of carboxylic acids is 2. The molecule has 1 aromatic carbocycles. The quantitative estimate of drug-likeness (QED) is 0.124. The third-order valence-electron chi connectivity index (χ3n) is 4.91. The molecular formula is C21H30N4O9S.